The smallest absolute Gasteiger partial charge is 0.251 e. The van der Waals surface area contributed by atoms with E-state index in [2.05, 4.69) is 21.2 Å². The first kappa shape index (κ1) is 16.6. The fraction of sp³-hybridized carbons (Fsp3) is 0.222. The molecule has 0 radical (unpaired) electrons. The summed E-state index contributed by atoms with van der Waals surface area (Å²) in [4.78, 5) is 25.6. The van der Waals surface area contributed by atoms with Crippen LogP contribution in [-0.2, 0) is 17.8 Å². The summed E-state index contributed by atoms with van der Waals surface area (Å²) in [5.41, 5.74) is 3.08. The van der Waals surface area contributed by atoms with E-state index >= 15 is 0 Å². The first-order chi connectivity index (χ1) is 11.4. The van der Waals surface area contributed by atoms with Crippen molar-refractivity contribution in [3.63, 3.8) is 0 Å². The Morgan fingerprint density at radius 1 is 1.25 bits per heavy atom. The van der Waals surface area contributed by atoms with Crippen molar-refractivity contribution in [2.45, 2.75) is 19.9 Å². The molecule has 0 atom stereocenters. The van der Waals surface area contributed by atoms with E-state index in [9.17, 15) is 14.0 Å². The molecule has 0 saturated carbocycles. The van der Waals surface area contributed by atoms with Crippen LogP contribution in [0.1, 0.15) is 28.4 Å². The second-order valence-electron chi connectivity index (χ2n) is 5.72. The van der Waals surface area contributed by atoms with Crippen molar-refractivity contribution in [1.29, 1.82) is 0 Å². The van der Waals surface area contributed by atoms with Crippen LogP contribution in [0.3, 0.4) is 0 Å². The fourth-order valence-electron chi connectivity index (χ4n) is 2.87. The zero-order valence-corrected chi connectivity index (χ0v) is 14.7. The second kappa shape index (κ2) is 6.73. The lowest BCUT2D eigenvalue weighted by atomic mass is 10.1. The van der Waals surface area contributed by atoms with Crippen LogP contribution in [0, 0.1) is 5.82 Å². The van der Waals surface area contributed by atoms with Gasteiger partial charge >= 0.3 is 0 Å². The molecule has 0 aromatic heterocycles. The molecule has 2 aromatic rings. The highest BCUT2D eigenvalue weighted by Gasteiger charge is 2.23. The van der Waals surface area contributed by atoms with E-state index in [1.165, 1.54) is 19.1 Å². The number of amides is 2. The zero-order chi connectivity index (χ0) is 17.3. The zero-order valence-electron chi connectivity index (χ0n) is 13.1. The topological polar surface area (TPSA) is 49.4 Å². The molecule has 0 bridgehead atoms. The Kier molecular flexibility index (Phi) is 4.66. The first-order valence-corrected chi connectivity index (χ1v) is 8.37. The molecule has 3 rings (SSSR count). The number of halogens is 2. The fourth-order valence-corrected chi connectivity index (χ4v) is 3.38. The Bertz CT molecular complexity index is 802. The highest BCUT2D eigenvalue weighted by molar-refractivity contribution is 9.10. The van der Waals surface area contributed by atoms with Crippen LogP contribution in [0.4, 0.5) is 10.1 Å². The molecule has 2 aromatic carbocycles. The van der Waals surface area contributed by atoms with Gasteiger partial charge in [-0.05, 0) is 53.9 Å². The number of carbonyl (C=O) groups excluding carboxylic acids is 2. The molecule has 4 nitrogen and oxygen atoms in total. The number of nitrogens with one attached hydrogen (secondary N) is 1. The normalized spacial score (nSPS) is 12.9. The van der Waals surface area contributed by atoms with Crippen molar-refractivity contribution in [2.75, 3.05) is 11.4 Å². The Balaban J connectivity index is 1.71. The lowest BCUT2D eigenvalue weighted by Crippen LogP contribution is -2.26. The molecule has 0 unspecified atom stereocenters. The Morgan fingerprint density at radius 2 is 2.04 bits per heavy atom. The third-order valence-electron chi connectivity index (χ3n) is 3.99. The van der Waals surface area contributed by atoms with Crippen molar-refractivity contribution in [1.82, 2.24) is 5.32 Å². The van der Waals surface area contributed by atoms with Gasteiger partial charge in [-0.1, -0.05) is 15.9 Å². The number of nitrogens with zero attached hydrogens (tertiary/aromatic N) is 1. The van der Waals surface area contributed by atoms with E-state index in [0.29, 0.717) is 22.1 Å². The van der Waals surface area contributed by atoms with E-state index < -0.39 is 0 Å². The van der Waals surface area contributed by atoms with Gasteiger partial charge in [0.05, 0.1) is 0 Å². The summed E-state index contributed by atoms with van der Waals surface area (Å²) in [7, 11) is 0. The molecular formula is C18H16BrFN2O2. The monoisotopic (exact) mass is 390 g/mol. The van der Waals surface area contributed by atoms with E-state index in [-0.39, 0.29) is 24.2 Å². The van der Waals surface area contributed by atoms with Crippen LogP contribution in [0.2, 0.25) is 0 Å². The lowest BCUT2D eigenvalue weighted by Gasteiger charge is -2.14. The van der Waals surface area contributed by atoms with E-state index in [1.54, 1.807) is 23.1 Å². The Morgan fingerprint density at radius 3 is 2.75 bits per heavy atom. The molecule has 1 aliphatic heterocycles. The van der Waals surface area contributed by atoms with Gasteiger partial charge in [0.25, 0.3) is 5.91 Å². The van der Waals surface area contributed by atoms with Gasteiger partial charge < -0.3 is 10.2 Å². The van der Waals surface area contributed by atoms with Gasteiger partial charge in [-0.2, -0.15) is 0 Å². The molecule has 0 fully saturated rings. The number of carbonyl (C=O) groups is 2. The summed E-state index contributed by atoms with van der Waals surface area (Å²) in [5.74, 6) is -0.572. The molecule has 0 spiro atoms. The quantitative estimate of drug-likeness (QED) is 0.872. The van der Waals surface area contributed by atoms with Crippen LogP contribution in [-0.4, -0.2) is 18.4 Å². The average molecular weight is 391 g/mol. The molecule has 0 aliphatic carbocycles. The summed E-state index contributed by atoms with van der Waals surface area (Å²) >= 11 is 3.23. The SMILES string of the molecule is CC(=O)N1CCc2cc(C(=O)NCc3cc(F)cc(Br)c3)ccc21. The molecule has 2 amide bonds. The summed E-state index contributed by atoms with van der Waals surface area (Å²) < 4.78 is 14.0. The number of rotatable bonds is 3. The van der Waals surface area contributed by atoms with Crippen LogP contribution in [0.5, 0.6) is 0 Å². The van der Waals surface area contributed by atoms with Gasteiger partial charge in [0, 0.05) is 35.7 Å². The minimum atomic E-state index is -0.351. The minimum Gasteiger partial charge on any atom is -0.348 e. The number of fused-ring (bicyclic) bond motifs is 1. The van der Waals surface area contributed by atoms with Gasteiger partial charge in [-0.3, -0.25) is 9.59 Å². The second-order valence-corrected chi connectivity index (χ2v) is 6.64. The summed E-state index contributed by atoms with van der Waals surface area (Å²) in [5, 5.41) is 2.79. The largest absolute Gasteiger partial charge is 0.348 e. The molecule has 0 saturated heterocycles. The van der Waals surface area contributed by atoms with Crippen molar-refractivity contribution in [3.8, 4) is 0 Å². The number of hydrogen-bond acceptors (Lipinski definition) is 2. The number of anilines is 1. The third-order valence-corrected chi connectivity index (χ3v) is 4.45. The third kappa shape index (κ3) is 3.48. The highest BCUT2D eigenvalue weighted by Crippen LogP contribution is 2.28. The summed E-state index contributed by atoms with van der Waals surface area (Å²) in [6.07, 6.45) is 0.743. The molecule has 1 heterocycles. The van der Waals surface area contributed by atoms with Gasteiger partial charge in [-0.25, -0.2) is 4.39 Å². The maximum absolute atomic E-state index is 13.4. The van der Waals surface area contributed by atoms with E-state index in [0.717, 1.165) is 17.7 Å². The van der Waals surface area contributed by atoms with Crippen LogP contribution in [0.25, 0.3) is 0 Å². The van der Waals surface area contributed by atoms with E-state index in [1.807, 2.05) is 6.07 Å². The van der Waals surface area contributed by atoms with Gasteiger partial charge in [-0.15, -0.1) is 0 Å². The van der Waals surface area contributed by atoms with Gasteiger partial charge in [0.2, 0.25) is 5.91 Å². The molecule has 24 heavy (non-hydrogen) atoms. The Hall–Kier alpha value is -2.21. The predicted molar refractivity (Wildman–Crippen MR) is 93.4 cm³/mol. The lowest BCUT2D eigenvalue weighted by molar-refractivity contribution is -0.116. The average Bonchev–Trinajstić information content (AvgIpc) is 2.95. The predicted octanol–water partition coefficient (Wildman–Crippen LogP) is 3.43. The van der Waals surface area contributed by atoms with Crippen LogP contribution < -0.4 is 10.2 Å². The summed E-state index contributed by atoms with van der Waals surface area (Å²) in [6.45, 7) is 2.42. The van der Waals surface area contributed by atoms with Crippen LogP contribution in [0.15, 0.2) is 40.9 Å². The standard InChI is InChI=1S/C18H16BrFN2O2/c1-11(23)22-5-4-13-8-14(2-3-17(13)22)18(24)21-10-12-6-15(19)9-16(20)7-12/h2-3,6-9H,4-5,10H2,1H3,(H,21,24). The molecule has 1 aliphatic rings. The minimum absolute atomic E-state index is 0.00244. The molecule has 1 N–H and O–H groups in total. The number of hydrogen-bond donors (Lipinski definition) is 1. The first-order valence-electron chi connectivity index (χ1n) is 7.58. The molecule has 124 valence electrons. The Labute approximate surface area is 147 Å². The van der Waals surface area contributed by atoms with Crippen molar-refractivity contribution in [3.05, 3.63) is 63.4 Å². The molecular weight excluding hydrogens is 375 g/mol. The van der Waals surface area contributed by atoms with Gasteiger partial charge in [0.1, 0.15) is 5.82 Å². The maximum atomic E-state index is 13.4. The van der Waals surface area contributed by atoms with E-state index in [4.69, 9.17) is 0 Å². The van der Waals surface area contributed by atoms with Gasteiger partial charge in [0.15, 0.2) is 0 Å². The van der Waals surface area contributed by atoms with Crippen molar-refractivity contribution >= 4 is 33.4 Å². The van der Waals surface area contributed by atoms with Crippen LogP contribution >= 0.6 is 15.9 Å². The highest BCUT2D eigenvalue weighted by atomic mass is 79.9. The van der Waals surface area contributed by atoms with Crippen molar-refractivity contribution in [2.24, 2.45) is 0 Å². The summed E-state index contributed by atoms with van der Waals surface area (Å²) in [6, 6.07) is 9.84. The number of benzene rings is 2. The molecule has 6 heteroatoms. The maximum Gasteiger partial charge on any atom is 0.251 e. The van der Waals surface area contributed by atoms with Crippen molar-refractivity contribution < 1.29 is 14.0 Å².